The lowest BCUT2D eigenvalue weighted by Gasteiger charge is -2.44. The third-order valence-corrected chi connectivity index (χ3v) is 8.09. The molecule has 43 heavy (non-hydrogen) atoms. The maximum absolute atomic E-state index is 13.7. The second-order valence-electron chi connectivity index (χ2n) is 11.5. The standard InChI is InChI=1S/C30H36F3N7O3/c1-17-13-39(14-18(2)38(17)5)26-7-6-21(22-10-35-29(36-11-22)40-15-19(3)43-20(4)16-40)8-25(26)37-28(42)23-12-34-27(41)9-24(23)30(31,32)33/h6-12,17-20H,13-16H2,1-5H3,(H,34,41)(H,37,42)/t17-,18+,19-,20+. The number of hydrogen-bond acceptors (Lipinski definition) is 8. The van der Waals surface area contributed by atoms with Crippen LogP contribution in [0.4, 0.5) is 30.5 Å². The second kappa shape index (κ2) is 12.0. The molecule has 0 spiro atoms. The van der Waals surface area contributed by atoms with Crippen LogP contribution in [0.5, 0.6) is 0 Å². The van der Waals surface area contributed by atoms with Gasteiger partial charge in [-0.05, 0) is 52.4 Å². The molecule has 2 fully saturated rings. The van der Waals surface area contributed by atoms with Crippen LogP contribution in [0.2, 0.25) is 0 Å². The molecule has 0 radical (unpaired) electrons. The number of carbonyl (C=O) groups is 1. The number of alkyl halides is 3. The van der Waals surface area contributed by atoms with Crippen molar-refractivity contribution in [1.29, 1.82) is 0 Å². The SMILES string of the molecule is C[C@@H]1CN(c2ncc(-c3ccc(N4C[C@@H](C)N(C)[C@@H](C)C4)c(NC(=O)c4c[nH]c(=O)cc4C(F)(F)F)c3)cn2)C[C@H](C)O1. The summed E-state index contributed by atoms with van der Waals surface area (Å²) in [6.07, 6.45) is -0.612. The lowest BCUT2D eigenvalue weighted by Crippen LogP contribution is -2.55. The van der Waals surface area contributed by atoms with E-state index in [4.69, 9.17) is 4.74 Å². The first kappa shape index (κ1) is 30.5. The second-order valence-corrected chi connectivity index (χ2v) is 11.5. The van der Waals surface area contributed by atoms with Gasteiger partial charge in [-0.2, -0.15) is 13.2 Å². The van der Waals surface area contributed by atoms with Crippen molar-refractivity contribution in [3.05, 3.63) is 64.3 Å². The number of anilines is 3. The fraction of sp³-hybridized carbons (Fsp3) is 0.467. The minimum Gasteiger partial charge on any atom is -0.372 e. The number of hydrogen-bond donors (Lipinski definition) is 2. The molecule has 1 aromatic carbocycles. The molecule has 2 aliphatic rings. The summed E-state index contributed by atoms with van der Waals surface area (Å²) in [6, 6.07) is 6.26. The number of nitrogens with one attached hydrogen (secondary N) is 2. The van der Waals surface area contributed by atoms with E-state index in [-0.39, 0.29) is 24.3 Å². The Bertz CT molecular complexity index is 1510. The number of nitrogens with zero attached hydrogens (tertiary/aromatic N) is 5. The molecule has 2 N–H and O–H groups in total. The minimum atomic E-state index is -4.89. The van der Waals surface area contributed by atoms with Gasteiger partial charge in [-0.15, -0.1) is 0 Å². The van der Waals surface area contributed by atoms with Gasteiger partial charge in [0.05, 0.1) is 34.7 Å². The van der Waals surface area contributed by atoms with Crippen LogP contribution < -0.4 is 20.7 Å². The van der Waals surface area contributed by atoms with E-state index >= 15 is 0 Å². The molecule has 0 aliphatic carbocycles. The van der Waals surface area contributed by atoms with Gasteiger partial charge < -0.3 is 24.8 Å². The fourth-order valence-corrected chi connectivity index (χ4v) is 5.75. The fourth-order valence-electron chi connectivity index (χ4n) is 5.75. The highest BCUT2D eigenvalue weighted by atomic mass is 19.4. The Kier molecular flexibility index (Phi) is 8.48. The summed E-state index contributed by atoms with van der Waals surface area (Å²) in [5.74, 6) is -0.409. The quantitative estimate of drug-likeness (QED) is 0.449. The van der Waals surface area contributed by atoms with E-state index in [0.717, 1.165) is 6.20 Å². The zero-order chi connectivity index (χ0) is 31.1. The summed E-state index contributed by atoms with van der Waals surface area (Å²) >= 11 is 0. The first-order chi connectivity index (χ1) is 20.3. The minimum absolute atomic E-state index is 0.0473. The molecule has 4 heterocycles. The number of rotatable bonds is 5. The van der Waals surface area contributed by atoms with Crippen LogP contribution >= 0.6 is 0 Å². The van der Waals surface area contributed by atoms with Crippen molar-refractivity contribution in [3.63, 3.8) is 0 Å². The van der Waals surface area contributed by atoms with Gasteiger partial charge in [-0.25, -0.2) is 9.97 Å². The van der Waals surface area contributed by atoms with E-state index in [2.05, 4.69) is 55.9 Å². The normalized spacial score (nSPS) is 23.3. The van der Waals surface area contributed by atoms with Crippen molar-refractivity contribution in [2.45, 2.75) is 58.2 Å². The summed E-state index contributed by atoms with van der Waals surface area (Å²) in [5, 5.41) is 2.70. The van der Waals surface area contributed by atoms with Crippen molar-refractivity contribution in [1.82, 2.24) is 19.9 Å². The Morgan fingerprint density at radius 3 is 2.19 bits per heavy atom. The monoisotopic (exact) mass is 599 g/mol. The number of carbonyl (C=O) groups excluding carboxylic acids is 1. The van der Waals surface area contributed by atoms with Crippen LogP contribution in [0, 0.1) is 0 Å². The van der Waals surface area contributed by atoms with Crippen molar-refractivity contribution in [3.8, 4) is 11.1 Å². The highest BCUT2D eigenvalue weighted by Crippen LogP contribution is 2.35. The number of pyridine rings is 1. The maximum atomic E-state index is 13.7. The van der Waals surface area contributed by atoms with Gasteiger partial charge >= 0.3 is 6.18 Å². The highest BCUT2D eigenvalue weighted by Gasteiger charge is 2.36. The van der Waals surface area contributed by atoms with E-state index in [9.17, 15) is 22.8 Å². The van der Waals surface area contributed by atoms with E-state index in [1.807, 2.05) is 26.0 Å². The number of amides is 1. The zero-order valence-electron chi connectivity index (χ0n) is 24.8. The molecular weight excluding hydrogens is 563 g/mol. The molecule has 1 amide bonds. The molecule has 2 saturated heterocycles. The summed E-state index contributed by atoms with van der Waals surface area (Å²) in [4.78, 5) is 42.8. The Morgan fingerprint density at radius 2 is 1.58 bits per heavy atom. The largest absolute Gasteiger partial charge is 0.417 e. The van der Waals surface area contributed by atoms with Crippen LogP contribution in [0.15, 0.2) is 47.7 Å². The van der Waals surface area contributed by atoms with E-state index in [1.165, 1.54) is 0 Å². The molecule has 0 saturated carbocycles. The summed E-state index contributed by atoms with van der Waals surface area (Å²) in [7, 11) is 2.05. The number of aromatic amines is 1. The van der Waals surface area contributed by atoms with Crippen LogP contribution in [-0.4, -0.2) is 83.3 Å². The number of piperazine rings is 1. The van der Waals surface area contributed by atoms with Gasteiger partial charge in [0.1, 0.15) is 0 Å². The molecule has 5 rings (SSSR count). The van der Waals surface area contributed by atoms with E-state index in [0.29, 0.717) is 60.7 Å². The number of benzene rings is 1. The van der Waals surface area contributed by atoms with Crippen LogP contribution in [-0.2, 0) is 10.9 Å². The first-order valence-electron chi connectivity index (χ1n) is 14.2. The summed E-state index contributed by atoms with van der Waals surface area (Å²) in [6.45, 7) is 10.8. The van der Waals surface area contributed by atoms with Gasteiger partial charge in [-0.3, -0.25) is 14.5 Å². The molecule has 4 atom stereocenters. The highest BCUT2D eigenvalue weighted by molar-refractivity contribution is 6.07. The zero-order valence-corrected chi connectivity index (χ0v) is 24.8. The molecule has 13 heteroatoms. The smallest absolute Gasteiger partial charge is 0.372 e. The number of aromatic nitrogens is 3. The van der Waals surface area contributed by atoms with Gasteiger partial charge in [0, 0.05) is 68.5 Å². The third kappa shape index (κ3) is 6.67. The number of H-pyrrole nitrogens is 1. The molecule has 0 unspecified atom stereocenters. The lowest BCUT2D eigenvalue weighted by molar-refractivity contribution is -0.138. The van der Waals surface area contributed by atoms with Crippen LogP contribution in [0.25, 0.3) is 11.1 Å². The van der Waals surface area contributed by atoms with Gasteiger partial charge in [-0.1, -0.05) is 6.07 Å². The molecule has 0 bridgehead atoms. The van der Waals surface area contributed by atoms with Crippen molar-refractivity contribution < 1.29 is 22.7 Å². The first-order valence-corrected chi connectivity index (χ1v) is 14.2. The average Bonchev–Trinajstić information content (AvgIpc) is 2.94. The Balaban J connectivity index is 1.50. The number of likely N-dealkylation sites (N-methyl/N-ethyl adjacent to an activating group) is 1. The molecular formula is C30H36F3N7O3. The summed E-state index contributed by atoms with van der Waals surface area (Å²) < 4.78 is 47.0. The molecule has 3 aromatic rings. The van der Waals surface area contributed by atoms with Crippen LogP contribution in [0.3, 0.4) is 0 Å². The topological polar surface area (TPSA) is 107 Å². The number of ether oxygens (including phenoxy) is 1. The number of morpholine rings is 1. The molecule has 230 valence electrons. The Labute approximate surface area is 247 Å². The van der Waals surface area contributed by atoms with Gasteiger partial charge in [0.15, 0.2) is 0 Å². The molecule has 2 aromatic heterocycles. The van der Waals surface area contributed by atoms with Crippen molar-refractivity contribution in [2.24, 2.45) is 0 Å². The molecule has 10 nitrogen and oxygen atoms in total. The van der Waals surface area contributed by atoms with Gasteiger partial charge in [0.25, 0.3) is 5.91 Å². The maximum Gasteiger partial charge on any atom is 0.417 e. The molecule has 2 aliphatic heterocycles. The van der Waals surface area contributed by atoms with Crippen LogP contribution in [0.1, 0.15) is 43.6 Å². The predicted molar refractivity (Wildman–Crippen MR) is 159 cm³/mol. The average molecular weight is 600 g/mol. The van der Waals surface area contributed by atoms with E-state index < -0.39 is 28.8 Å². The third-order valence-electron chi connectivity index (χ3n) is 8.09. The summed E-state index contributed by atoms with van der Waals surface area (Å²) in [5.41, 5.74) is -0.547. The van der Waals surface area contributed by atoms with E-state index in [1.54, 1.807) is 18.5 Å². The lowest BCUT2D eigenvalue weighted by atomic mass is 10.0. The number of halogens is 3. The Morgan fingerprint density at radius 1 is 0.953 bits per heavy atom. The van der Waals surface area contributed by atoms with Gasteiger partial charge in [0.2, 0.25) is 11.5 Å². The predicted octanol–water partition coefficient (Wildman–Crippen LogP) is 4.25. The van der Waals surface area contributed by atoms with Crippen molar-refractivity contribution in [2.75, 3.05) is 48.3 Å². The Hall–Kier alpha value is -3.97. The van der Waals surface area contributed by atoms with Crippen molar-refractivity contribution >= 4 is 23.2 Å².